The molecule has 3 aromatic rings. The SMILES string of the molecule is Cc1ccc(NC(=O)C2(c3ccc4c(c3)OCO4)CC2)cc1-c1ccc(S(=O)(=O)N2CCC[C@H]2C(N)=O)cc1.[HH].[HH].[HH]. The van der Waals surface area contributed by atoms with Gasteiger partial charge in [0.1, 0.15) is 6.04 Å². The summed E-state index contributed by atoms with van der Waals surface area (Å²) < 4.78 is 38.4. The average molecular weight is 554 g/mol. The van der Waals surface area contributed by atoms with Gasteiger partial charge in [-0.3, -0.25) is 9.59 Å². The predicted octanol–water partition coefficient (Wildman–Crippen LogP) is 4.44. The number of hydrogen-bond acceptors (Lipinski definition) is 6. The van der Waals surface area contributed by atoms with Crippen LogP contribution >= 0.6 is 0 Å². The number of ether oxygens (including phenoxy) is 2. The maximum Gasteiger partial charge on any atom is 0.243 e. The summed E-state index contributed by atoms with van der Waals surface area (Å²) in [5.74, 6) is 0.635. The first-order chi connectivity index (χ1) is 18.7. The highest BCUT2D eigenvalue weighted by atomic mass is 32.2. The molecule has 0 radical (unpaired) electrons. The van der Waals surface area contributed by atoms with Crippen molar-refractivity contribution < 1.29 is 31.8 Å². The van der Waals surface area contributed by atoms with E-state index in [-0.39, 0.29) is 28.4 Å². The third-order valence-corrected chi connectivity index (χ3v) is 9.83. The van der Waals surface area contributed by atoms with E-state index in [9.17, 15) is 18.0 Å². The Kier molecular flexibility index (Phi) is 6.11. The molecule has 1 aliphatic carbocycles. The van der Waals surface area contributed by atoms with Crippen LogP contribution in [0.3, 0.4) is 0 Å². The molecular weight excluding hydrogens is 518 g/mol. The number of rotatable bonds is 7. The first kappa shape index (κ1) is 25.4. The van der Waals surface area contributed by atoms with Gasteiger partial charge in [0.25, 0.3) is 0 Å². The lowest BCUT2D eigenvalue weighted by atomic mass is 9.94. The fourth-order valence-electron chi connectivity index (χ4n) is 5.48. The molecule has 2 amide bonds. The lowest BCUT2D eigenvalue weighted by Gasteiger charge is -2.21. The molecule has 9 nitrogen and oxygen atoms in total. The molecule has 2 heterocycles. The number of primary amides is 1. The third kappa shape index (κ3) is 4.43. The number of carbonyl (C=O) groups excluding carboxylic acids is 2. The Hall–Kier alpha value is -3.89. The molecule has 6 rings (SSSR count). The quantitative estimate of drug-likeness (QED) is 0.445. The Morgan fingerprint density at radius 3 is 2.49 bits per heavy atom. The highest BCUT2D eigenvalue weighted by Gasteiger charge is 2.51. The van der Waals surface area contributed by atoms with Crippen molar-refractivity contribution >= 4 is 27.5 Å². The fourth-order valence-corrected chi connectivity index (χ4v) is 7.15. The molecule has 0 spiro atoms. The second kappa shape index (κ2) is 9.39. The molecule has 208 valence electrons. The number of carbonyl (C=O) groups is 2. The third-order valence-electron chi connectivity index (χ3n) is 7.91. The zero-order valence-electron chi connectivity index (χ0n) is 21.5. The van der Waals surface area contributed by atoms with Crippen LogP contribution in [0.5, 0.6) is 11.5 Å². The Morgan fingerprint density at radius 2 is 1.77 bits per heavy atom. The van der Waals surface area contributed by atoms with Crippen molar-refractivity contribution in [3.63, 3.8) is 0 Å². The van der Waals surface area contributed by atoms with E-state index >= 15 is 0 Å². The van der Waals surface area contributed by atoms with Gasteiger partial charge in [-0.15, -0.1) is 0 Å². The van der Waals surface area contributed by atoms with E-state index in [1.165, 1.54) is 4.31 Å². The number of hydrogen-bond donors (Lipinski definition) is 2. The van der Waals surface area contributed by atoms with Crippen molar-refractivity contribution in [3.05, 3.63) is 71.8 Å². The number of nitrogens with two attached hydrogens (primary N) is 1. The lowest BCUT2D eigenvalue weighted by molar-refractivity contribution is -0.121. The van der Waals surface area contributed by atoms with Crippen LogP contribution in [0.15, 0.2) is 65.6 Å². The second-order valence-corrected chi connectivity index (χ2v) is 12.2. The monoisotopic (exact) mass is 553 g/mol. The summed E-state index contributed by atoms with van der Waals surface area (Å²) >= 11 is 0. The molecule has 0 unspecified atom stereocenters. The number of sulfonamides is 1. The average Bonchev–Trinajstić information content (AvgIpc) is 3.34. The largest absolute Gasteiger partial charge is 0.454 e. The van der Waals surface area contributed by atoms with E-state index in [1.807, 2.05) is 43.3 Å². The summed E-state index contributed by atoms with van der Waals surface area (Å²) in [6, 6.07) is 17.1. The van der Waals surface area contributed by atoms with Crippen LogP contribution in [0, 0.1) is 6.92 Å². The van der Waals surface area contributed by atoms with E-state index in [2.05, 4.69) is 5.32 Å². The molecule has 3 aromatic carbocycles. The number of amides is 2. The van der Waals surface area contributed by atoms with Crippen LogP contribution in [-0.2, 0) is 25.0 Å². The summed E-state index contributed by atoms with van der Waals surface area (Å²) in [6.07, 6.45) is 2.53. The van der Waals surface area contributed by atoms with E-state index in [0.717, 1.165) is 35.1 Å². The van der Waals surface area contributed by atoms with Gasteiger partial charge in [-0.05, 0) is 91.3 Å². The summed E-state index contributed by atoms with van der Waals surface area (Å²) in [5.41, 5.74) is 9.06. The Bertz CT molecular complexity index is 1600. The predicted molar refractivity (Wildman–Crippen MR) is 151 cm³/mol. The van der Waals surface area contributed by atoms with Crippen LogP contribution in [0.2, 0.25) is 0 Å². The van der Waals surface area contributed by atoms with Gasteiger partial charge in [0, 0.05) is 16.5 Å². The van der Waals surface area contributed by atoms with E-state index in [0.29, 0.717) is 30.0 Å². The summed E-state index contributed by atoms with van der Waals surface area (Å²) in [7, 11) is -3.85. The highest BCUT2D eigenvalue weighted by molar-refractivity contribution is 7.89. The van der Waals surface area contributed by atoms with Gasteiger partial charge in [-0.25, -0.2) is 8.42 Å². The Balaban J connectivity index is 0.00000161. The number of nitrogens with zero attached hydrogens (tertiary/aromatic N) is 1. The van der Waals surface area contributed by atoms with Crippen molar-refractivity contribution in [1.29, 1.82) is 0 Å². The molecule has 0 aromatic heterocycles. The Morgan fingerprint density at radius 1 is 1.03 bits per heavy atom. The van der Waals surface area contributed by atoms with Gasteiger partial charge in [0.05, 0.1) is 10.3 Å². The first-order valence-electron chi connectivity index (χ1n) is 12.9. The van der Waals surface area contributed by atoms with Gasteiger partial charge in [-0.2, -0.15) is 4.31 Å². The normalized spacial score (nSPS) is 19.6. The fraction of sp³-hybridized carbons (Fsp3) is 0.310. The molecule has 2 aliphatic heterocycles. The van der Waals surface area contributed by atoms with Crippen LogP contribution in [0.1, 0.15) is 41.1 Å². The number of benzene rings is 3. The molecule has 0 bridgehead atoms. The Labute approximate surface area is 231 Å². The molecule has 3 aliphatic rings. The van der Waals surface area contributed by atoms with Crippen LogP contribution in [0.25, 0.3) is 11.1 Å². The first-order valence-corrected chi connectivity index (χ1v) is 14.4. The van der Waals surface area contributed by atoms with Gasteiger partial charge < -0.3 is 20.5 Å². The molecule has 3 N–H and O–H groups in total. The number of fused-ring (bicyclic) bond motifs is 1. The van der Waals surface area contributed by atoms with E-state index in [4.69, 9.17) is 15.2 Å². The standard InChI is InChI=1S/C29H29N3O6S.3H2/c1-18-4-8-21(31-28(34)29(12-13-29)20-7-11-25-26(15-20)38-17-37-25)16-23(18)19-5-9-22(10-6-19)39(35,36)32-14-2-3-24(32)27(30)33;;;/h4-11,15-16,24H,2-3,12-14,17H2,1H3,(H2,30,33)(H,31,34);3*1H/t24-;;;/m0.../s1. The smallest absolute Gasteiger partial charge is 0.243 e. The molecule has 39 heavy (non-hydrogen) atoms. The van der Waals surface area contributed by atoms with Gasteiger partial charge in [0.15, 0.2) is 11.5 Å². The summed E-state index contributed by atoms with van der Waals surface area (Å²) in [5, 5.41) is 3.08. The molecular formula is C29H35N3O6S. The summed E-state index contributed by atoms with van der Waals surface area (Å²) in [6.45, 7) is 2.41. The molecule has 1 saturated carbocycles. The van der Waals surface area contributed by atoms with E-state index in [1.54, 1.807) is 24.3 Å². The van der Waals surface area contributed by atoms with Crippen molar-refractivity contribution in [1.82, 2.24) is 4.31 Å². The van der Waals surface area contributed by atoms with Crippen LogP contribution in [0.4, 0.5) is 5.69 Å². The van der Waals surface area contributed by atoms with Gasteiger partial charge >= 0.3 is 0 Å². The number of aryl methyl sites for hydroxylation is 1. The minimum absolute atomic E-state index is 0. The minimum Gasteiger partial charge on any atom is -0.454 e. The number of anilines is 1. The van der Waals surface area contributed by atoms with Crippen molar-refractivity contribution in [2.75, 3.05) is 18.7 Å². The van der Waals surface area contributed by atoms with Crippen molar-refractivity contribution in [2.24, 2.45) is 5.73 Å². The number of nitrogens with one attached hydrogen (secondary N) is 1. The van der Waals surface area contributed by atoms with Crippen LogP contribution in [-0.4, -0.2) is 43.9 Å². The topological polar surface area (TPSA) is 128 Å². The van der Waals surface area contributed by atoms with Gasteiger partial charge in [-0.1, -0.05) is 24.3 Å². The van der Waals surface area contributed by atoms with Crippen molar-refractivity contribution in [3.8, 4) is 22.6 Å². The second-order valence-electron chi connectivity index (χ2n) is 10.3. The molecule has 1 saturated heterocycles. The summed E-state index contributed by atoms with van der Waals surface area (Å²) in [4.78, 5) is 25.3. The van der Waals surface area contributed by atoms with Crippen LogP contribution < -0.4 is 20.5 Å². The zero-order valence-corrected chi connectivity index (χ0v) is 22.3. The maximum absolute atomic E-state index is 13.4. The maximum atomic E-state index is 13.4. The van der Waals surface area contributed by atoms with Gasteiger partial charge in [0.2, 0.25) is 28.6 Å². The molecule has 10 heteroatoms. The zero-order chi connectivity index (χ0) is 27.4. The minimum atomic E-state index is -3.85. The van der Waals surface area contributed by atoms with E-state index < -0.39 is 27.4 Å². The molecule has 1 atom stereocenters. The van der Waals surface area contributed by atoms with Crippen molar-refractivity contribution in [2.45, 2.75) is 49.0 Å². The lowest BCUT2D eigenvalue weighted by Crippen LogP contribution is -2.43. The highest BCUT2D eigenvalue weighted by Crippen LogP contribution is 2.51. The molecule has 2 fully saturated rings.